The lowest BCUT2D eigenvalue weighted by Gasteiger charge is -2.12. The summed E-state index contributed by atoms with van der Waals surface area (Å²) in [5.74, 6) is 0.0270. The van der Waals surface area contributed by atoms with E-state index in [9.17, 15) is 20.1 Å². The molecule has 0 aromatic heterocycles. The SMILES string of the molecule is CCOC(=O)[C@H](O)CC(=C=CC[C@@H](O)c1cccc(O)c1)COc1ccccc1. The molecule has 0 unspecified atom stereocenters. The van der Waals surface area contributed by atoms with Crippen molar-refractivity contribution in [1.82, 2.24) is 0 Å². The zero-order chi connectivity index (χ0) is 21.1. The van der Waals surface area contributed by atoms with Crippen LogP contribution in [0.15, 0.2) is 72.0 Å². The molecule has 6 heteroatoms. The summed E-state index contributed by atoms with van der Waals surface area (Å²) in [5, 5.41) is 29.8. The van der Waals surface area contributed by atoms with E-state index in [0.717, 1.165) is 0 Å². The van der Waals surface area contributed by atoms with E-state index < -0.39 is 18.2 Å². The molecule has 0 fully saturated rings. The van der Waals surface area contributed by atoms with Crippen molar-refractivity contribution in [2.75, 3.05) is 13.2 Å². The Morgan fingerprint density at radius 3 is 2.59 bits per heavy atom. The Morgan fingerprint density at radius 2 is 1.90 bits per heavy atom. The second-order valence-corrected chi connectivity index (χ2v) is 6.37. The Hall–Kier alpha value is -3.05. The summed E-state index contributed by atoms with van der Waals surface area (Å²) in [7, 11) is 0. The van der Waals surface area contributed by atoms with Crippen LogP contribution in [0.2, 0.25) is 0 Å². The van der Waals surface area contributed by atoms with Gasteiger partial charge in [-0.1, -0.05) is 30.3 Å². The molecule has 0 saturated heterocycles. The number of carbonyl (C=O) groups is 1. The molecule has 6 nitrogen and oxygen atoms in total. The van der Waals surface area contributed by atoms with Gasteiger partial charge in [0.15, 0.2) is 6.10 Å². The molecule has 3 N–H and O–H groups in total. The molecule has 2 aromatic rings. The van der Waals surface area contributed by atoms with Crippen molar-refractivity contribution < 1.29 is 29.6 Å². The zero-order valence-corrected chi connectivity index (χ0v) is 16.3. The van der Waals surface area contributed by atoms with Crippen molar-refractivity contribution in [3.63, 3.8) is 0 Å². The highest BCUT2D eigenvalue weighted by atomic mass is 16.5. The van der Waals surface area contributed by atoms with Gasteiger partial charge in [0.05, 0.1) is 12.7 Å². The minimum Gasteiger partial charge on any atom is -0.508 e. The summed E-state index contributed by atoms with van der Waals surface area (Å²) in [6.07, 6.45) is -0.267. The maximum Gasteiger partial charge on any atom is 0.335 e. The molecule has 2 aromatic carbocycles. The number of benzene rings is 2. The molecule has 154 valence electrons. The molecule has 0 aliphatic carbocycles. The summed E-state index contributed by atoms with van der Waals surface area (Å²) >= 11 is 0. The van der Waals surface area contributed by atoms with Gasteiger partial charge >= 0.3 is 5.97 Å². The summed E-state index contributed by atoms with van der Waals surface area (Å²) in [4.78, 5) is 11.7. The average molecular weight is 398 g/mol. The van der Waals surface area contributed by atoms with Crippen molar-refractivity contribution in [2.24, 2.45) is 0 Å². The lowest BCUT2D eigenvalue weighted by Crippen LogP contribution is -2.24. The Morgan fingerprint density at radius 1 is 1.14 bits per heavy atom. The second-order valence-electron chi connectivity index (χ2n) is 6.37. The van der Waals surface area contributed by atoms with E-state index in [4.69, 9.17) is 9.47 Å². The minimum atomic E-state index is -1.32. The quantitative estimate of drug-likeness (QED) is 0.420. The number of aliphatic hydroxyl groups excluding tert-OH is 2. The maximum absolute atomic E-state index is 11.7. The predicted molar refractivity (Wildman–Crippen MR) is 108 cm³/mol. The number of para-hydroxylation sites is 1. The van der Waals surface area contributed by atoms with Crippen molar-refractivity contribution >= 4 is 5.97 Å². The Kier molecular flexibility index (Phi) is 8.99. The van der Waals surface area contributed by atoms with Crippen LogP contribution in [0.5, 0.6) is 11.5 Å². The predicted octanol–water partition coefficient (Wildman–Crippen LogP) is 3.29. The number of carbonyl (C=O) groups excluding carboxylic acids is 1. The largest absolute Gasteiger partial charge is 0.508 e. The number of aromatic hydroxyl groups is 1. The average Bonchev–Trinajstić information content (AvgIpc) is 2.72. The third-order valence-electron chi connectivity index (χ3n) is 4.06. The fourth-order valence-electron chi connectivity index (χ4n) is 2.58. The summed E-state index contributed by atoms with van der Waals surface area (Å²) < 4.78 is 10.5. The molecule has 0 amide bonds. The van der Waals surface area contributed by atoms with Crippen LogP contribution in [0.4, 0.5) is 0 Å². The van der Waals surface area contributed by atoms with Gasteiger partial charge in [0.2, 0.25) is 0 Å². The normalized spacial score (nSPS) is 12.4. The van der Waals surface area contributed by atoms with Gasteiger partial charge in [-0.2, -0.15) is 0 Å². The van der Waals surface area contributed by atoms with E-state index in [1.807, 2.05) is 18.2 Å². The number of hydrogen-bond donors (Lipinski definition) is 3. The van der Waals surface area contributed by atoms with Crippen LogP contribution in [0, 0.1) is 0 Å². The minimum absolute atomic E-state index is 0.00435. The van der Waals surface area contributed by atoms with E-state index in [2.05, 4.69) is 5.73 Å². The van der Waals surface area contributed by atoms with Crippen LogP contribution in [0.3, 0.4) is 0 Å². The van der Waals surface area contributed by atoms with E-state index >= 15 is 0 Å². The monoisotopic (exact) mass is 398 g/mol. The van der Waals surface area contributed by atoms with E-state index in [1.165, 1.54) is 12.1 Å². The first-order valence-electron chi connectivity index (χ1n) is 9.42. The highest BCUT2D eigenvalue weighted by Crippen LogP contribution is 2.21. The van der Waals surface area contributed by atoms with Crippen molar-refractivity contribution in [3.05, 3.63) is 77.5 Å². The van der Waals surface area contributed by atoms with Gasteiger partial charge in [-0.05, 0) is 42.8 Å². The standard InChI is InChI=1S/C23H26O6/c1-2-28-23(27)22(26)14-17(16-29-20-11-4-3-5-12-20)8-6-13-21(25)18-9-7-10-19(24)15-18/h3-7,9-12,15,21-22,24-26H,2,13-14,16H2,1H3/t8?,21-,22-/m1/s1. The van der Waals surface area contributed by atoms with Crippen molar-refractivity contribution in [1.29, 1.82) is 0 Å². The van der Waals surface area contributed by atoms with Gasteiger partial charge in [-0.3, -0.25) is 0 Å². The second kappa shape index (κ2) is 11.7. The number of rotatable bonds is 10. The molecule has 0 aliphatic heterocycles. The van der Waals surface area contributed by atoms with Crippen LogP contribution in [-0.4, -0.2) is 40.6 Å². The molecule has 0 spiro atoms. The fourth-order valence-corrected chi connectivity index (χ4v) is 2.58. The van der Waals surface area contributed by atoms with Gasteiger partial charge in [0.25, 0.3) is 0 Å². The molecule has 0 bridgehead atoms. The molecule has 0 saturated carbocycles. The lowest BCUT2D eigenvalue weighted by atomic mass is 10.1. The number of hydrogen-bond acceptors (Lipinski definition) is 6. The van der Waals surface area contributed by atoms with Crippen molar-refractivity contribution in [2.45, 2.75) is 32.0 Å². The van der Waals surface area contributed by atoms with Gasteiger partial charge in [-0.25, -0.2) is 4.79 Å². The van der Waals surface area contributed by atoms with Crippen LogP contribution >= 0.6 is 0 Å². The summed E-state index contributed by atoms with van der Waals surface area (Å²) in [6, 6.07) is 15.5. The highest BCUT2D eigenvalue weighted by molar-refractivity contribution is 5.74. The first-order valence-corrected chi connectivity index (χ1v) is 9.42. The Balaban J connectivity index is 2.08. The maximum atomic E-state index is 11.7. The van der Waals surface area contributed by atoms with Crippen LogP contribution < -0.4 is 4.74 Å². The summed E-state index contributed by atoms with van der Waals surface area (Å²) in [5.41, 5.74) is 4.14. The van der Waals surface area contributed by atoms with Crippen LogP contribution in [-0.2, 0) is 9.53 Å². The molecular weight excluding hydrogens is 372 g/mol. The van der Waals surface area contributed by atoms with Crippen molar-refractivity contribution in [3.8, 4) is 11.5 Å². The molecule has 2 rings (SSSR count). The fraction of sp³-hybridized carbons (Fsp3) is 0.304. The molecule has 2 atom stereocenters. The van der Waals surface area contributed by atoms with Crippen LogP contribution in [0.1, 0.15) is 31.4 Å². The Labute approximate surface area is 170 Å². The van der Waals surface area contributed by atoms with Gasteiger partial charge in [0.1, 0.15) is 18.1 Å². The Bertz CT molecular complexity index is 839. The van der Waals surface area contributed by atoms with Gasteiger partial charge < -0.3 is 24.8 Å². The number of phenolic OH excluding ortho intramolecular Hbond substituents is 1. The lowest BCUT2D eigenvalue weighted by molar-refractivity contribution is -0.152. The number of ether oxygens (including phenoxy) is 2. The summed E-state index contributed by atoms with van der Waals surface area (Å²) in [6.45, 7) is 1.98. The third-order valence-corrected chi connectivity index (χ3v) is 4.06. The van der Waals surface area contributed by atoms with Gasteiger partial charge in [0, 0.05) is 18.4 Å². The first kappa shape index (κ1) is 22.2. The number of aliphatic hydroxyl groups is 2. The molecular formula is C23H26O6. The molecule has 29 heavy (non-hydrogen) atoms. The zero-order valence-electron chi connectivity index (χ0n) is 16.3. The van der Waals surface area contributed by atoms with E-state index in [1.54, 1.807) is 37.3 Å². The molecule has 0 aliphatic rings. The van der Waals surface area contributed by atoms with Gasteiger partial charge in [-0.15, -0.1) is 5.73 Å². The van der Waals surface area contributed by atoms with E-state index in [-0.39, 0.29) is 31.8 Å². The van der Waals surface area contributed by atoms with E-state index in [0.29, 0.717) is 16.9 Å². The topological polar surface area (TPSA) is 96.2 Å². The number of esters is 1. The van der Waals surface area contributed by atoms with Crippen LogP contribution in [0.25, 0.3) is 0 Å². The molecule has 0 radical (unpaired) electrons. The first-order chi connectivity index (χ1) is 14.0. The smallest absolute Gasteiger partial charge is 0.335 e. The highest BCUT2D eigenvalue weighted by Gasteiger charge is 2.18. The number of phenols is 1. The molecule has 0 heterocycles. The third kappa shape index (κ3) is 7.84.